The minimum atomic E-state index is -0.337. The van der Waals surface area contributed by atoms with E-state index in [4.69, 9.17) is 4.98 Å². The zero-order chi connectivity index (χ0) is 33.3. The molecule has 0 unspecified atom stereocenters. The van der Waals surface area contributed by atoms with E-state index in [9.17, 15) is 9.90 Å². The van der Waals surface area contributed by atoms with E-state index in [1.807, 2.05) is 59.1 Å². The summed E-state index contributed by atoms with van der Waals surface area (Å²) in [7, 11) is 0. The molecule has 0 spiro atoms. The van der Waals surface area contributed by atoms with Crippen LogP contribution in [-0.4, -0.2) is 20.4 Å². The molecular formula is C42H43IrN2O2S-. The second-order valence-electron chi connectivity index (χ2n) is 13.0. The molecule has 48 heavy (non-hydrogen) atoms. The van der Waals surface area contributed by atoms with E-state index in [0.717, 1.165) is 36.6 Å². The average molecular weight is 832 g/mol. The van der Waals surface area contributed by atoms with Gasteiger partial charge in [0.25, 0.3) is 0 Å². The summed E-state index contributed by atoms with van der Waals surface area (Å²) in [6.45, 7) is 12.1. The van der Waals surface area contributed by atoms with Crippen LogP contribution in [0.2, 0.25) is 0 Å². The van der Waals surface area contributed by atoms with Crippen molar-refractivity contribution in [1.82, 2.24) is 9.55 Å². The molecular weight excluding hydrogens is 789 g/mol. The van der Waals surface area contributed by atoms with E-state index in [1.54, 1.807) is 0 Å². The van der Waals surface area contributed by atoms with Crippen molar-refractivity contribution in [3.8, 4) is 5.69 Å². The number of nitrogens with zero attached hydrogens (tertiary/aromatic N) is 2. The summed E-state index contributed by atoms with van der Waals surface area (Å²) < 4.78 is 4.86. The van der Waals surface area contributed by atoms with Gasteiger partial charge in [-0.3, -0.25) is 4.79 Å². The third-order valence-electron chi connectivity index (χ3n) is 10.5. The number of aliphatic hydroxyl groups is 1. The van der Waals surface area contributed by atoms with Crippen LogP contribution in [0, 0.1) is 16.9 Å². The molecule has 0 saturated heterocycles. The van der Waals surface area contributed by atoms with Crippen molar-refractivity contribution in [3.05, 3.63) is 109 Å². The van der Waals surface area contributed by atoms with E-state index < -0.39 is 0 Å². The summed E-state index contributed by atoms with van der Waals surface area (Å²) in [5.74, 6) is 0.286. The molecule has 0 amide bonds. The molecule has 0 aliphatic heterocycles. The van der Waals surface area contributed by atoms with Crippen LogP contribution in [0.15, 0.2) is 103 Å². The molecule has 1 radical (unpaired) electrons. The number of pyridine rings is 1. The predicted molar refractivity (Wildman–Crippen MR) is 201 cm³/mol. The van der Waals surface area contributed by atoms with Gasteiger partial charge in [0.05, 0.1) is 5.52 Å². The fraction of sp³-hybridized carbons (Fsp3) is 0.286. The number of ketones is 1. The van der Waals surface area contributed by atoms with Gasteiger partial charge in [-0.1, -0.05) is 101 Å². The monoisotopic (exact) mass is 832 g/mol. The summed E-state index contributed by atoms with van der Waals surface area (Å²) in [5.41, 5.74) is 3.98. The van der Waals surface area contributed by atoms with Gasteiger partial charge in [0.15, 0.2) is 5.78 Å². The van der Waals surface area contributed by atoms with Crippen molar-refractivity contribution in [2.24, 2.45) is 10.8 Å². The minimum Gasteiger partial charge on any atom is -0.512 e. The number of hydrogen-bond donors (Lipinski definition) is 1. The van der Waals surface area contributed by atoms with Crippen molar-refractivity contribution in [1.29, 1.82) is 0 Å². The number of aliphatic hydroxyl groups excluding tert-OH is 1. The normalized spacial score (nSPS) is 12.4. The molecule has 3 aromatic heterocycles. The number of aromatic nitrogens is 2. The fourth-order valence-corrected chi connectivity index (χ4v) is 7.58. The molecule has 7 rings (SSSR count). The summed E-state index contributed by atoms with van der Waals surface area (Å²) >= 11 is 1.84. The molecule has 3 heterocycles. The zero-order valence-corrected chi connectivity index (χ0v) is 31.8. The quantitative estimate of drug-likeness (QED) is 0.0943. The van der Waals surface area contributed by atoms with Gasteiger partial charge in [-0.05, 0) is 71.6 Å². The van der Waals surface area contributed by atoms with Crippen LogP contribution in [0.4, 0.5) is 0 Å². The first-order valence-electron chi connectivity index (χ1n) is 16.7. The number of carbonyl (C=O) groups is 1. The summed E-state index contributed by atoms with van der Waals surface area (Å²) in [4.78, 5) is 17.1. The first-order valence-corrected chi connectivity index (χ1v) is 17.6. The van der Waals surface area contributed by atoms with Crippen LogP contribution in [0.3, 0.4) is 0 Å². The third kappa shape index (κ3) is 6.11. The maximum absolute atomic E-state index is 12.2. The Labute approximate surface area is 300 Å². The van der Waals surface area contributed by atoms with Crippen LogP contribution in [-0.2, 0) is 24.9 Å². The van der Waals surface area contributed by atoms with E-state index in [0.29, 0.717) is 0 Å². The number of rotatable bonds is 8. The van der Waals surface area contributed by atoms with Gasteiger partial charge in [-0.25, -0.2) is 0 Å². The Bertz CT molecular complexity index is 2260. The van der Waals surface area contributed by atoms with Crippen molar-refractivity contribution >= 4 is 70.0 Å². The number of allylic oxidation sites excluding steroid dienone is 2. The van der Waals surface area contributed by atoms with Gasteiger partial charge < -0.3 is 14.7 Å². The van der Waals surface area contributed by atoms with Gasteiger partial charge in [0.1, 0.15) is 5.76 Å². The second kappa shape index (κ2) is 14.3. The molecule has 1 N–H and O–H groups in total. The van der Waals surface area contributed by atoms with Crippen LogP contribution < -0.4 is 0 Å². The van der Waals surface area contributed by atoms with E-state index >= 15 is 0 Å². The Morgan fingerprint density at radius 3 is 2.17 bits per heavy atom. The Morgan fingerprint density at radius 1 is 0.833 bits per heavy atom. The smallest absolute Gasteiger partial charge is 0.164 e. The Kier molecular flexibility index (Phi) is 10.6. The number of fused-ring (bicyclic) bond motifs is 4. The standard InChI is InChI=1S/C27H15N2S.C15H28O2.Ir/c1-2-8-18(9-3-1)29-21-11-6-12-23-24(21)25-22(29)15-16-28-26(25)20-14-13-17-7-4-5-10-19(17)27(20)30-23;1-7-14(5,8-2)12(16)11-13(17)15(6,9-3)10-4;/h1-13,15-16H;11,16H,7-10H2,1-6H3;/q-1;;/b;12-11-;. The molecule has 0 aliphatic carbocycles. The van der Waals surface area contributed by atoms with E-state index in [1.165, 1.54) is 53.7 Å². The molecule has 7 aromatic rings. The first kappa shape index (κ1) is 35.5. The molecule has 0 fully saturated rings. The predicted octanol–water partition coefficient (Wildman–Crippen LogP) is 12.1. The topological polar surface area (TPSA) is 55.1 Å². The van der Waals surface area contributed by atoms with Gasteiger partial charge in [-0.2, -0.15) is 11.3 Å². The number of carbonyl (C=O) groups excluding carboxylic acids is 1. The fourth-order valence-electron chi connectivity index (χ4n) is 6.36. The molecule has 249 valence electrons. The van der Waals surface area contributed by atoms with Crippen molar-refractivity contribution in [2.45, 2.75) is 67.2 Å². The van der Waals surface area contributed by atoms with Crippen molar-refractivity contribution < 1.29 is 30.0 Å². The summed E-state index contributed by atoms with van der Waals surface area (Å²) in [6, 6.07) is 33.5. The second-order valence-corrected chi connectivity index (χ2v) is 14.0. The zero-order valence-electron chi connectivity index (χ0n) is 28.6. The molecule has 0 saturated carbocycles. The molecule has 0 atom stereocenters. The number of para-hydroxylation sites is 1. The maximum Gasteiger partial charge on any atom is 0.164 e. The van der Waals surface area contributed by atoms with Crippen molar-refractivity contribution in [2.75, 3.05) is 0 Å². The van der Waals surface area contributed by atoms with Crippen LogP contribution in [0.1, 0.15) is 67.2 Å². The van der Waals surface area contributed by atoms with Crippen molar-refractivity contribution in [3.63, 3.8) is 0 Å². The Balaban J connectivity index is 0.000000218. The van der Waals surface area contributed by atoms with Gasteiger partial charge >= 0.3 is 0 Å². The molecule has 0 bridgehead atoms. The molecule has 4 nitrogen and oxygen atoms in total. The Hall–Kier alpha value is -3.83. The summed E-state index contributed by atoms with van der Waals surface area (Å²) in [6.07, 6.45) is 6.68. The number of benzene rings is 4. The van der Waals surface area contributed by atoms with Gasteiger partial charge in [0, 0.05) is 64.5 Å². The average Bonchev–Trinajstić information content (AvgIpc) is 3.38. The maximum atomic E-state index is 12.2. The SMILES string of the molecule is CCC(C)(CC)C(=O)/C=C(\O)C(C)(CC)CC.[Ir].[c-]1cc2ccccc2c2sc3cccc4c3c3c(nccc3n4-c3ccccc3)c12. The number of hydrogen-bond acceptors (Lipinski definition) is 4. The molecule has 6 heteroatoms. The van der Waals surface area contributed by atoms with E-state index in [-0.39, 0.29) is 42.5 Å². The first-order chi connectivity index (χ1) is 22.7. The van der Waals surface area contributed by atoms with Crippen LogP contribution in [0.5, 0.6) is 0 Å². The minimum absolute atomic E-state index is 0. The largest absolute Gasteiger partial charge is 0.512 e. The third-order valence-corrected chi connectivity index (χ3v) is 11.7. The van der Waals surface area contributed by atoms with Gasteiger partial charge in [0.2, 0.25) is 0 Å². The summed E-state index contributed by atoms with van der Waals surface area (Å²) in [5, 5.41) is 16.2. The molecule has 4 aromatic carbocycles. The van der Waals surface area contributed by atoms with E-state index in [2.05, 4.69) is 95.6 Å². The van der Waals surface area contributed by atoms with Crippen LogP contribution >= 0.6 is 11.3 Å². The van der Waals surface area contributed by atoms with Crippen LogP contribution in [0.25, 0.3) is 58.6 Å². The Morgan fingerprint density at radius 2 is 1.48 bits per heavy atom. The van der Waals surface area contributed by atoms with Gasteiger partial charge in [-0.15, -0.1) is 17.5 Å². The molecule has 0 aliphatic rings.